The molecule has 1 aliphatic carbocycles. The molecule has 3 aromatic heterocycles. The molecule has 5 heterocycles. The predicted octanol–water partition coefficient (Wildman–Crippen LogP) is 7.84. The molecule has 0 spiro atoms. The lowest BCUT2D eigenvalue weighted by Gasteiger charge is -2.28. The van der Waals surface area contributed by atoms with E-state index in [1.807, 2.05) is 60.3 Å². The maximum atomic E-state index is 12.6. The summed E-state index contributed by atoms with van der Waals surface area (Å²) >= 11 is 14.7. The number of fused-ring (bicyclic) bond motifs is 2. The van der Waals surface area contributed by atoms with Crippen molar-refractivity contribution in [3.8, 4) is 11.3 Å². The van der Waals surface area contributed by atoms with E-state index in [2.05, 4.69) is 10.3 Å². The second-order valence-electron chi connectivity index (χ2n) is 13.0. The van der Waals surface area contributed by atoms with E-state index >= 15 is 0 Å². The summed E-state index contributed by atoms with van der Waals surface area (Å²) in [7, 11) is 0. The highest BCUT2D eigenvalue weighted by Crippen LogP contribution is 2.64. The number of aryl methyl sites for hydroxylation is 1. The van der Waals surface area contributed by atoms with Crippen LogP contribution in [0, 0.1) is 18.8 Å². The molecule has 2 aliphatic heterocycles. The first kappa shape index (κ1) is 31.5. The summed E-state index contributed by atoms with van der Waals surface area (Å²) in [6.07, 6.45) is 4.43. The van der Waals surface area contributed by atoms with E-state index in [0.29, 0.717) is 58.1 Å². The molecular weight excluding hydrogens is 669 g/mol. The SMILES string of the molecule is Cc1csc(C2(CN(Cc3ccccc3)C(=O)O)C3CCN(c4cnc5c(-c6cccc(Cl)c6Cl)nn(C6CCCCO6)c5n4)CC32)n1. The molecule has 3 aliphatic rings. The number of thiazole rings is 1. The Labute approximate surface area is 292 Å². The highest BCUT2D eigenvalue weighted by molar-refractivity contribution is 7.09. The average Bonchev–Trinajstić information content (AvgIpc) is 3.33. The summed E-state index contributed by atoms with van der Waals surface area (Å²) in [5.74, 6) is 1.31. The number of hydrogen-bond donors (Lipinski definition) is 1. The Balaban J connectivity index is 1.13. The lowest BCUT2D eigenvalue weighted by atomic mass is 10.0. The zero-order valence-electron chi connectivity index (χ0n) is 26.4. The summed E-state index contributed by atoms with van der Waals surface area (Å²) in [5, 5.41) is 19.3. The van der Waals surface area contributed by atoms with Crippen LogP contribution in [-0.4, -0.2) is 67.1 Å². The monoisotopic (exact) mass is 703 g/mol. The van der Waals surface area contributed by atoms with Crippen LogP contribution >= 0.6 is 34.5 Å². The first-order chi connectivity index (χ1) is 23.3. The smallest absolute Gasteiger partial charge is 0.407 e. The fourth-order valence-corrected chi connectivity index (χ4v) is 9.23. The molecule has 8 rings (SSSR count). The zero-order valence-corrected chi connectivity index (χ0v) is 28.8. The number of hydrogen-bond acceptors (Lipinski definition) is 8. The average molecular weight is 705 g/mol. The molecule has 1 amide bonds. The van der Waals surface area contributed by atoms with Crippen molar-refractivity contribution < 1.29 is 14.6 Å². The van der Waals surface area contributed by atoms with Gasteiger partial charge < -0.3 is 19.6 Å². The highest BCUT2D eigenvalue weighted by atomic mass is 35.5. The molecule has 1 N–H and O–H groups in total. The summed E-state index contributed by atoms with van der Waals surface area (Å²) in [5.41, 5.74) is 4.19. The normalized spacial score (nSPS) is 23.6. The first-order valence-corrected chi connectivity index (χ1v) is 18.0. The number of halogens is 2. The Morgan fingerprint density at radius 2 is 1.96 bits per heavy atom. The van der Waals surface area contributed by atoms with E-state index in [0.717, 1.165) is 60.9 Å². The van der Waals surface area contributed by atoms with Crippen molar-refractivity contribution in [2.45, 2.75) is 50.8 Å². The second kappa shape index (κ2) is 12.6. The van der Waals surface area contributed by atoms with Crippen LogP contribution < -0.4 is 4.90 Å². The third-order valence-corrected chi connectivity index (χ3v) is 12.1. The number of aromatic nitrogens is 5. The summed E-state index contributed by atoms with van der Waals surface area (Å²) in [6.45, 7) is 4.90. The molecule has 4 unspecified atom stereocenters. The molecule has 4 atom stereocenters. The molecule has 48 heavy (non-hydrogen) atoms. The maximum absolute atomic E-state index is 12.6. The van der Waals surface area contributed by atoms with Crippen LogP contribution in [0.2, 0.25) is 10.0 Å². The third kappa shape index (κ3) is 5.50. The van der Waals surface area contributed by atoms with Gasteiger partial charge in [-0.25, -0.2) is 24.4 Å². The standard InChI is InChI=1S/C35H35Cl2N7O3S/c1-21-19-48-33(39-21)35(20-43(34(45)46)17-22-8-3-2-4-9-22)24-13-14-42(18-25(24)35)27-16-38-31-30(23-10-7-11-26(36)29(23)37)41-44(32(31)40-27)28-12-5-6-15-47-28/h2-4,7-11,16,19,24-25,28H,5-6,12-15,17-18,20H2,1H3,(H,45,46). The minimum absolute atomic E-state index is 0.222. The van der Waals surface area contributed by atoms with Gasteiger partial charge in [0.25, 0.3) is 0 Å². The summed E-state index contributed by atoms with van der Waals surface area (Å²) in [4.78, 5) is 31.5. The van der Waals surface area contributed by atoms with Gasteiger partial charge in [0, 0.05) is 54.8 Å². The number of carbonyl (C=O) groups is 1. The Kier molecular flexibility index (Phi) is 8.27. The van der Waals surface area contributed by atoms with Gasteiger partial charge in [0.05, 0.1) is 16.2 Å². The predicted molar refractivity (Wildman–Crippen MR) is 187 cm³/mol. The number of anilines is 1. The van der Waals surface area contributed by atoms with Gasteiger partial charge in [-0.1, -0.05) is 65.7 Å². The first-order valence-electron chi connectivity index (χ1n) is 16.3. The Morgan fingerprint density at radius 1 is 1.10 bits per heavy atom. The van der Waals surface area contributed by atoms with E-state index in [-0.39, 0.29) is 17.6 Å². The van der Waals surface area contributed by atoms with Crippen molar-refractivity contribution in [3.05, 3.63) is 86.4 Å². The van der Waals surface area contributed by atoms with E-state index in [4.69, 9.17) is 48.0 Å². The quantitative estimate of drug-likeness (QED) is 0.174. The van der Waals surface area contributed by atoms with Gasteiger partial charge in [0.2, 0.25) is 0 Å². The van der Waals surface area contributed by atoms with Crippen molar-refractivity contribution in [1.82, 2.24) is 29.6 Å². The lowest BCUT2D eigenvalue weighted by Crippen LogP contribution is -2.38. The van der Waals surface area contributed by atoms with Gasteiger partial charge in [0.15, 0.2) is 11.9 Å². The van der Waals surface area contributed by atoms with Gasteiger partial charge in [-0.05, 0) is 56.1 Å². The number of piperidine rings is 1. The van der Waals surface area contributed by atoms with Gasteiger partial charge >= 0.3 is 6.09 Å². The molecule has 1 saturated carbocycles. The largest absolute Gasteiger partial charge is 0.465 e. The molecule has 13 heteroatoms. The third-order valence-electron chi connectivity index (χ3n) is 10.1. The molecule has 0 radical (unpaired) electrons. The number of carboxylic acid groups (broad SMARTS) is 1. The summed E-state index contributed by atoms with van der Waals surface area (Å²) < 4.78 is 8.02. The Morgan fingerprint density at radius 3 is 2.71 bits per heavy atom. The topological polar surface area (TPSA) is 110 Å². The molecule has 2 aromatic carbocycles. The molecule has 2 saturated heterocycles. The second-order valence-corrected chi connectivity index (χ2v) is 14.7. The lowest BCUT2D eigenvalue weighted by molar-refractivity contribution is -0.0368. The number of nitrogens with zero attached hydrogens (tertiary/aromatic N) is 7. The van der Waals surface area contributed by atoms with Crippen LogP contribution in [0.15, 0.2) is 60.1 Å². The molecule has 0 bridgehead atoms. The minimum atomic E-state index is -0.919. The van der Waals surface area contributed by atoms with E-state index in [1.54, 1.807) is 22.3 Å². The van der Waals surface area contributed by atoms with Crippen molar-refractivity contribution in [1.29, 1.82) is 0 Å². The molecule has 248 valence electrons. The number of rotatable bonds is 8. The minimum Gasteiger partial charge on any atom is -0.465 e. The van der Waals surface area contributed by atoms with Crippen LogP contribution in [-0.2, 0) is 16.7 Å². The van der Waals surface area contributed by atoms with Gasteiger partial charge in [-0.2, -0.15) is 5.10 Å². The highest BCUT2D eigenvalue weighted by Gasteiger charge is 2.68. The van der Waals surface area contributed by atoms with Crippen LogP contribution in [0.25, 0.3) is 22.4 Å². The van der Waals surface area contributed by atoms with Gasteiger partial charge in [-0.15, -0.1) is 11.3 Å². The summed E-state index contributed by atoms with van der Waals surface area (Å²) in [6, 6.07) is 15.3. The van der Waals surface area contributed by atoms with Gasteiger partial charge in [-0.3, -0.25) is 0 Å². The molecule has 5 aromatic rings. The van der Waals surface area contributed by atoms with Crippen molar-refractivity contribution in [3.63, 3.8) is 0 Å². The number of amides is 1. The fraction of sp³-hybridized carbons (Fsp3) is 0.400. The van der Waals surface area contributed by atoms with E-state index in [1.165, 1.54) is 0 Å². The van der Waals surface area contributed by atoms with Crippen LogP contribution in [0.1, 0.15) is 48.2 Å². The molecular formula is C35H35Cl2N7O3S. The van der Waals surface area contributed by atoms with E-state index in [9.17, 15) is 9.90 Å². The van der Waals surface area contributed by atoms with Crippen LogP contribution in [0.5, 0.6) is 0 Å². The molecule has 10 nitrogen and oxygen atoms in total. The Bertz CT molecular complexity index is 1980. The van der Waals surface area contributed by atoms with Gasteiger partial charge in [0.1, 0.15) is 22.0 Å². The number of benzene rings is 2. The van der Waals surface area contributed by atoms with Crippen molar-refractivity contribution >= 4 is 57.6 Å². The maximum Gasteiger partial charge on any atom is 0.407 e. The van der Waals surface area contributed by atoms with Crippen molar-refractivity contribution in [2.24, 2.45) is 11.8 Å². The zero-order chi connectivity index (χ0) is 33.0. The fourth-order valence-electron chi connectivity index (χ4n) is 7.72. The number of ether oxygens (including phenoxy) is 1. The van der Waals surface area contributed by atoms with Crippen LogP contribution in [0.4, 0.5) is 10.6 Å². The van der Waals surface area contributed by atoms with Crippen LogP contribution in [0.3, 0.4) is 0 Å². The van der Waals surface area contributed by atoms with E-state index < -0.39 is 6.09 Å². The molecule has 3 fully saturated rings. The van der Waals surface area contributed by atoms with Crippen molar-refractivity contribution in [2.75, 3.05) is 31.1 Å². The Hall–Kier alpha value is -3.77.